The van der Waals surface area contributed by atoms with E-state index < -0.39 is 0 Å². The monoisotopic (exact) mass is 417 g/mol. The number of ether oxygens (including phenoxy) is 3. The first-order valence-corrected chi connectivity index (χ1v) is 10.5. The predicted octanol–water partition coefficient (Wildman–Crippen LogP) is 2.85. The molecule has 3 rings (SSSR count). The van der Waals surface area contributed by atoms with E-state index in [-0.39, 0.29) is 17.8 Å². The van der Waals surface area contributed by atoms with E-state index in [1.807, 2.05) is 26.1 Å². The molecule has 8 nitrogen and oxygen atoms in total. The second kappa shape index (κ2) is 8.89. The van der Waals surface area contributed by atoms with Crippen molar-refractivity contribution in [3.8, 4) is 5.75 Å². The quantitative estimate of drug-likeness (QED) is 0.416. The fraction of sp³-hybridized carbons (Fsp3) is 0.682. The number of aromatic nitrogens is 1. The summed E-state index contributed by atoms with van der Waals surface area (Å²) in [6.45, 7) is 16.3. The molecule has 0 saturated carbocycles. The van der Waals surface area contributed by atoms with Crippen LogP contribution in [0, 0.1) is 10.8 Å². The van der Waals surface area contributed by atoms with Crippen LogP contribution in [0.25, 0.3) is 0 Å². The zero-order valence-corrected chi connectivity index (χ0v) is 19.0. The summed E-state index contributed by atoms with van der Waals surface area (Å²) in [6.07, 6.45) is 3.09. The molecule has 0 unspecified atom stereocenters. The lowest BCUT2D eigenvalue weighted by molar-refractivity contribution is -0.215. The molecule has 1 aromatic rings. The maximum Gasteiger partial charge on any atom is 0.176 e. The molecule has 3 heterocycles. The highest BCUT2D eigenvalue weighted by atomic mass is 16.7. The zero-order valence-electron chi connectivity index (χ0n) is 19.0. The first-order chi connectivity index (χ1) is 14.1. The summed E-state index contributed by atoms with van der Waals surface area (Å²) in [5.74, 6) is 6.31. The van der Waals surface area contributed by atoms with E-state index in [9.17, 15) is 0 Å². The molecule has 166 valence electrons. The Kier molecular flexibility index (Phi) is 6.67. The van der Waals surface area contributed by atoms with E-state index in [0.717, 1.165) is 18.8 Å². The van der Waals surface area contributed by atoms with Gasteiger partial charge in [-0.1, -0.05) is 27.7 Å². The van der Waals surface area contributed by atoms with Crippen LogP contribution in [0.3, 0.4) is 0 Å². The summed E-state index contributed by atoms with van der Waals surface area (Å²) in [6, 6.07) is 2.01. The second-order valence-corrected chi connectivity index (χ2v) is 9.95. The molecule has 2 aliphatic rings. The van der Waals surface area contributed by atoms with E-state index in [4.69, 9.17) is 20.1 Å². The third kappa shape index (κ3) is 5.70. The number of aliphatic imine (C=N–C) groups is 1. The maximum atomic E-state index is 6.02. The molecule has 0 spiro atoms. The lowest BCUT2D eigenvalue weighted by Gasteiger charge is -2.47. The van der Waals surface area contributed by atoms with Gasteiger partial charge >= 0.3 is 0 Å². The van der Waals surface area contributed by atoms with E-state index in [2.05, 4.69) is 47.7 Å². The number of anilines is 1. The van der Waals surface area contributed by atoms with Crippen molar-refractivity contribution in [3.05, 3.63) is 18.0 Å². The average Bonchev–Trinajstić information content (AvgIpc) is 2.64. The van der Waals surface area contributed by atoms with Crippen LogP contribution in [-0.4, -0.2) is 62.2 Å². The molecule has 0 bridgehead atoms. The third-order valence-electron chi connectivity index (χ3n) is 4.97. The van der Waals surface area contributed by atoms with Gasteiger partial charge < -0.3 is 25.0 Å². The van der Waals surface area contributed by atoms with Gasteiger partial charge in [-0.25, -0.2) is 4.98 Å². The second-order valence-electron chi connectivity index (χ2n) is 9.95. The fourth-order valence-corrected chi connectivity index (χ4v) is 3.53. The minimum atomic E-state index is -0.357. The van der Waals surface area contributed by atoms with Crippen LogP contribution in [0.4, 0.5) is 5.69 Å². The van der Waals surface area contributed by atoms with Gasteiger partial charge in [-0.2, -0.15) is 5.10 Å². The van der Waals surface area contributed by atoms with Crippen LogP contribution >= 0.6 is 0 Å². The number of pyridine rings is 1. The summed E-state index contributed by atoms with van der Waals surface area (Å²) < 4.78 is 17.5. The Morgan fingerprint density at radius 1 is 1.27 bits per heavy atom. The molecule has 2 fully saturated rings. The normalized spacial score (nSPS) is 21.8. The largest absolute Gasteiger partial charge is 0.489 e. The molecule has 2 N–H and O–H groups in total. The number of rotatable bonds is 7. The van der Waals surface area contributed by atoms with Gasteiger partial charge in [0.25, 0.3) is 0 Å². The van der Waals surface area contributed by atoms with Gasteiger partial charge in [0.1, 0.15) is 17.2 Å². The molecule has 0 atom stereocenters. The van der Waals surface area contributed by atoms with E-state index in [0.29, 0.717) is 42.3 Å². The van der Waals surface area contributed by atoms with Crippen molar-refractivity contribution in [2.75, 3.05) is 37.7 Å². The van der Waals surface area contributed by atoms with E-state index in [1.54, 1.807) is 6.21 Å². The highest BCUT2D eigenvalue weighted by molar-refractivity contribution is 6.38. The highest BCUT2D eigenvalue weighted by Crippen LogP contribution is 2.35. The third-order valence-corrected chi connectivity index (χ3v) is 4.97. The first-order valence-electron chi connectivity index (χ1n) is 10.5. The molecule has 0 radical (unpaired) electrons. The lowest BCUT2D eigenvalue weighted by atomic mass is 9.84. The van der Waals surface area contributed by atoms with Crippen LogP contribution in [0.1, 0.15) is 47.2 Å². The highest BCUT2D eigenvalue weighted by Gasteiger charge is 2.35. The van der Waals surface area contributed by atoms with Crippen molar-refractivity contribution >= 4 is 17.6 Å². The Labute approximate surface area is 179 Å². The topological polar surface area (TPSA) is 94.6 Å². The van der Waals surface area contributed by atoms with Crippen molar-refractivity contribution in [2.24, 2.45) is 26.8 Å². The van der Waals surface area contributed by atoms with Crippen LogP contribution < -0.4 is 15.5 Å². The minimum Gasteiger partial charge on any atom is -0.489 e. The molecule has 8 heteroatoms. The summed E-state index contributed by atoms with van der Waals surface area (Å²) in [5, 5.41) is 3.89. The molecule has 0 aliphatic carbocycles. The average molecular weight is 418 g/mol. The Morgan fingerprint density at radius 2 is 1.93 bits per heavy atom. The lowest BCUT2D eigenvalue weighted by Crippen LogP contribution is -2.53. The summed E-state index contributed by atoms with van der Waals surface area (Å²) in [7, 11) is 0. The van der Waals surface area contributed by atoms with Crippen molar-refractivity contribution in [1.82, 2.24) is 4.98 Å². The van der Waals surface area contributed by atoms with Crippen LogP contribution in [0.2, 0.25) is 0 Å². The van der Waals surface area contributed by atoms with Gasteiger partial charge in [0.2, 0.25) is 0 Å². The fourth-order valence-electron chi connectivity index (χ4n) is 3.53. The Hall–Kier alpha value is -2.19. The predicted molar refractivity (Wildman–Crippen MR) is 120 cm³/mol. The SMILES string of the molecule is CC(C)Oc1cc(N2CC(C)(C)C2)cnc1/C(C=NCC1OCC(C)(C)CO1)=N/N. The standard InChI is InChI=1S/C22H35N5O3/c1-15(2)30-18-7-16(27-11-21(3,4)12-27)8-25-20(18)17(26-23)9-24-10-19-28-13-22(5,6)14-29-19/h7-9,15,19H,10-14,23H2,1-6H3/b24-9?,26-17+. The molecular weight excluding hydrogens is 382 g/mol. The summed E-state index contributed by atoms with van der Waals surface area (Å²) in [4.78, 5) is 11.3. The Balaban J connectivity index is 1.71. The van der Waals surface area contributed by atoms with Gasteiger partial charge in [0.05, 0.1) is 44.0 Å². The maximum absolute atomic E-state index is 6.02. The number of hydrogen-bond donors (Lipinski definition) is 1. The number of nitrogens with zero attached hydrogens (tertiary/aromatic N) is 4. The van der Waals surface area contributed by atoms with E-state index >= 15 is 0 Å². The van der Waals surface area contributed by atoms with Crippen molar-refractivity contribution in [2.45, 2.75) is 53.9 Å². The number of hydrogen-bond acceptors (Lipinski definition) is 8. The van der Waals surface area contributed by atoms with Gasteiger partial charge in [0.15, 0.2) is 6.29 Å². The molecule has 0 aromatic carbocycles. The Bertz CT molecular complexity index is 786. The van der Waals surface area contributed by atoms with Gasteiger partial charge in [-0.05, 0) is 19.3 Å². The summed E-state index contributed by atoms with van der Waals surface area (Å²) in [5.41, 5.74) is 2.42. The minimum absolute atomic E-state index is 0.00279. The molecule has 0 amide bonds. The molecule has 30 heavy (non-hydrogen) atoms. The molecule has 2 aliphatic heterocycles. The van der Waals surface area contributed by atoms with Crippen molar-refractivity contribution in [1.29, 1.82) is 0 Å². The van der Waals surface area contributed by atoms with Crippen molar-refractivity contribution in [3.63, 3.8) is 0 Å². The van der Waals surface area contributed by atoms with Crippen molar-refractivity contribution < 1.29 is 14.2 Å². The summed E-state index contributed by atoms with van der Waals surface area (Å²) >= 11 is 0. The van der Waals surface area contributed by atoms with Gasteiger partial charge in [-0.15, -0.1) is 0 Å². The molecule has 1 aromatic heterocycles. The van der Waals surface area contributed by atoms with Crippen LogP contribution in [-0.2, 0) is 9.47 Å². The molecular formula is C22H35N5O3. The molecule has 2 saturated heterocycles. The smallest absolute Gasteiger partial charge is 0.176 e. The van der Waals surface area contributed by atoms with Crippen LogP contribution in [0.5, 0.6) is 5.75 Å². The van der Waals surface area contributed by atoms with E-state index in [1.165, 1.54) is 0 Å². The number of nitrogens with two attached hydrogens (primary N) is 1. The Morgan fingerprint density at radius 3 is 2.50 bits per heavy atom. The van der Waals surface area contributed by atoms with Gasteiger partial charge in [0, 0.05) is 24.6 Å². The van der Waals surface area contributed by atoms with Gasteiger partial charge in [-0.3, -0.25) is 4.99 Å². The first kappa shape index (κ1) is 22.5. The zero-order chi connectivity index (χ0) is 21.9. The van der Waals surface area contributed by atoms with Crippen LogP contribution in [0.15, 0.2) is 22.4 Å². The number of hydrazone groups is 1.